The number of anilines is 1. The summed E-state index contributed by atoms with van der Waals surface area (Å²) in [5.74, 6) is -6.31. The Morgan fingerprint density at radius 1 is 0.756 bits per heavy atom. The molecule has 0 saturated carbocycles. The molecule has 1 amide bonds. The molecular weight excluding hydrogens is 560 g/mol. The number of imidazole rings is 1. The minimum Gasteiger partial charge on any atom is -0.473 e. The SMILES string of the molecule is O=C(CN1CCN(Cc2nc3ccccc3[nH]2)CC1)Nc1nc2ccccc2s1.O=C(O)C(=O)O.O=C(O)C(=O)O. The highest BCUT2D eigenvalue weighted by atomic mass is 32.1. The molecule has 1 aliphatic heterocycles. The van der Waals surface area contributed by atoms with Crippen LogP contribution in [0.3, 0.4) is 0 Å². The number of rotatable bonds is 5. The van der Waals surface area contributed by atoms with Crippen LogP contribution in [0.15, 0.2) is 48.5 Å². The number of nitrogens with one attached hydrogen (secondary N) is 2. The number of carboxylic acids is 4. The number of carbonyl (C=O) groups is 5. The lowest BCUT2D eigenvalue weighted by molar-refractivity contribution is -0.159. The van der Waals surface area contributed by atoms with Crippen molar-refractivity contribution in [2.24, 2.45) is 0 Å². The van der Waals surface area contributed by atoms with Crippen LogP contribution >= 0.6 is 11.3 Å². The van der Waals surface area contributed by atoms with Crippen molar-refractivity contribution in [3.8, 4) is 0 Å². The van der Waals surface area contributed by atoms with Crippen molar-refractivity contribution in [3.63, 3.8) is 0 Å². The summed E-state index contributed by atoms with van der Waals surface area (Å²) in [6.45, 7) is 4.78. The second kappa shape index (κ2) is 14.5. The zero-order valence-electron chi connectivity index (χ0n) is 21.4. The number of fused-ring (bicyclic) bond motifs is 2. The Morgan fingerprint density at radius 3 is 1.85 bits per heavy atom. The summed E-state index contributed by atoms with van der Waals surface area (Å²) in [7, 11) is 0. The highest BCUT2D eigenvalue weighted by Crippen LogP contribution is 2.25. The van der Waals surface area contributed by atoms with E-state index < -0.39 is 23.9 Å². The number of benzene rings is 2. The zero-order chi connectivity index (χ0) is 29.9. The van der Waals surface area contributed by atoms with Crippen LogP contribution < -0.4 is 5.32 Å². The standard InChI is InChI=1S/C21H22N6OS.2C2H2O4/c28-20(25-21-24-17-7-3-4-8-18(17)29-21)14-27-11-9-26(10-12-27)13-19-22-15-5-1-2-6-16(15)23-19;2*3-1(4)2(5)6/h1-8H,9-14H2,(H,22,23)(H,24,25,28);2*(H,3,4)(H,5,6). The van der Waals surface area contributed by atoms with Crippen molar-refractivity contribution in [1.29, 1.82) is 0 Å². The molecule has 15 nitrogen and oxygen atoms in total. The lowest BCUT2D eigenvalue weighted by Crippen LogP contribution is -2.48. The van der Waals surface area contributed by atoms with Gasteiger partial charge in [-0.25, -0.2) is 29.1 Å². The Kier molecular flexibility index (Phi) is 10.8. The van der Waals surface area contributed by atoms with Gasteiger partial charge in [0.2, 0.25) is 5.91 Å². The summed E-state index contributed by atoms with van der Waals surface area (Å²) in [5.41, 5.74) is 3.01. The van der Waals surface area contributed by atoms with E-state index in [4.69, 9.17) is 39.6 Å². The van der Waals surface area contributed by atoms with Crippen LogP contribution in [0.1, 0.15) is 5.82 Å². The summed E-state index contributed by atoms with van der Waals surface area (Å²) in [4.78, 5) is 65.9. The predicted molar refractivity (Wildman–Crippen MR) is 147 cm³/mol. The average Bonchev–Trinajstić information content (AvgIpc) is 3.53. The molecule has 0 aliphatic carbocycles. The largest absolute Gasteiger partial charge is 0.473 e. The number of nitrogens with zero attached hydrogens (tertiary/aromatic N) is 4. The number of aromatic nitrogens is 3. The molecular formula is C25H26N6O9S. The van der Waals surface area contributed by atoms with Gasteiger partial charge in [-0.2, -0.15) is 0 Å². The molecule has 0 atom stereocenters. The summed E-state index contributed by atoms with van der Waals surface area (Å²) in [5, 5.41) is 33.2. The Labute approximate surface area is 235 Å². The molecule has 3 heterocycles. The Morgan fingerprint density at radius 2 is 1.29 bits per heavy atom. The van der Waals surface area contributed by atoms with Gasteiger partial charge in [0.15, 0.2) is 5.13 Å². The number of carboxylic acid groups (broad SMARTS) is 4. The average molecular weight is 587 g/mol. The minimum absolute atomic E-state index is 0.00482. The van der Waals surface area contributed by atoms with Crippen LogP contribution in [0.4, 0.5) is 5.13 Å². The van der Waals surface area contributed by atoms with Gasteiger partial charge in [-0.05, 0) is 24.3 Å². The molecule has 216 valence electrons. The first-order valence-electron chi connectivity index (χ1n) is 12.0. The van der Waals surface area contributed by atoms with E-state index in [9.17, 15) is 4.79 Å². The number of aliphatic carboxylic acids is 4. The van der Waals surface area contributed by atoms with Crippen molar-refractivity contribution >= 4 is 67.5 Å². The molecule has 2 aromatic carbocycles. The molecule has 16 heteroatoms. The number of H-pyrrole nitrogens is 1. The Hall–Kier alpha value is -4.93. The lowest BCUT2D eigenvalue weighted by Gasteiger charge is -2.33. The maximum atomic E-state index is 12.4. The number of hydrogen-bond acceptors (Lipinski definition) is 10. The fraction of sp³-hybridized carbons (Fsp3) is 0.240. The van der Waals surface area contributed by atoms with Gasteiger partial charge in [-0.3, -0.25) is 14.6 Å². The van der Waals surface area contributed by atoms with E-state index in [2.05, 4.69) is 30.1 Å². The predicted octanol–water partition coefficient (Wildman–Crippen LogP) is 1.24. The first-order valence-corrected chi connectivity index (χ1v) is 12.8. The van der Waals surface area contributed by atoms with E-state index in [1.807, 2.05) is 48.5 Å². The normalized spacial score (nSPS) is 13.4. The van der Waals surface area contributed by atoms with Gasteiger partial charge in [0.25, 0.3) is 0 Å². The van der Waals surface area contributed by atoms with E-state index in [1.165, 1.54) is 11.3 Å². The van der Waals surface area contributed by atoms with Crippen LogP contribution in [0, 0.1) is 0 Å². The van der Waals surface area contributed by atoms with Crippen LogP contribution in [0.5, 0.6) is 0 Å². The van der Waals surface area contributed by atoms with Gasteiger partial charge in [-0.15, -0.1) is 0 Å². The van der Waals surface area contributed by atoms with Gasteiger partial charge in [0.1, 0.15) is 5.82 Å². The van der Waals surface area contributed by atoms with E-state index in [0.717, 1.165) is 59.8 Å². The molecule has 41 heavy (non-hydrogen) atoms. The van der Waals surface area contributed by atoms with Crippen molar-refractivity contribution in [2.45, 2.75) is 6.54 Å². The molecule has 0 bridgehead atoms. The van der Waals surface area contributed by atoms with Crippen LogP contribution in [0.25, 0.3) is 21.3 Å². The van der Waals surface area contributed by atoms with Gasteiger partial charge in [0, 0.05) is 26.2 Å². The third-order valence-corrected chi connectivity index (χ3v) is 6.50. The van der Waals surface area contributed by atoms with Gasteiger partial charge in [-0.1, -0.05) is 35.6 Å². The van der Waals surface area contributed by atoms with Gasteiger partial charge in [0.05, 0.1) is 34.3 Å². The number of piperazine rings is 1. The topological polar surface area (TPSA) is 226 Å². The quantitative estimate of drug-likeness (QED) is 0.181. The number of thiazole rings is 1. The third kappa shape index (κ3) is 9.64. The van der Waals surface area contributed by atoms with Crippen LogP contribution in [-0.4, -0.2) is 108 Å². The second-order valence-electron chi connectivity index (χ2n) is 8.51. The number of carbonyl (C=O) groups excluding carboxylic acids is 1. The Balaban J connectivity index is 0.000000326. The van der Waals surface area contributed by atoms with E-state index >= 15 is 0 Å². The molecule has 1 fully saturated rings. The molecule has 1 saturated heterocycles. The minimum atomic E-state index is -1.82. The summed E-state index contributed by atoms with van der Waals surface area (Å²) < 4.78 is 1.09. The maximum absolute atomic E-state index is 12.4. The van der Waals surface area contributed by atoms with Crippen molar-refractivity contribution in [2.75, 3.05) is 38.0 Å². The highest BCUT2D eigenvalue weighted by Gasteiger charge is 2.20. The molecule has 4 aromatic rings. The smallest absolute Gasteiger partial charge is 0.414 e. The molecule has 6 N–H and O–H groups in total. The molecule has 0 spiro atoms. The molecule has 0 radical (unpaired) electrons. The monoisotopic (exact) mass is 586 g/mol. The summed E-state index contributed by atoms with van der Waals surface area (Å²) >= 11 is 1.51. The fourth-order valence-electron chi connectivity index (χ4n) is 3.69. The number of amides is 1. The Bertz CT molecular complexity index is 1430. The number of aromatic amines is 1. The summed E-state index contributed by atoms with van der Waals surface area (Å²) in [6, 6.07) is 16.0. The highest BCUT2D eigenvalue weighted by molar-refractivity contribution is 7.22. The van der Waals surface area contributed by atoms with E-state index in [1.54, 1.807) is 0 Å². The van der Waals surface area contributed by atoms with Crippen molar-refractivity contribution in [1.82, 2.24) is 24.8 Å². The summed E-state index contributed by atoms with van der Waals surface area (Å²) in [6.07, 6.45) is 0. The molecule has 2 aromatic heterocycles. The zero-order valence-corrected chi connectivity index (χ0v) is 22.2. The third-order valence-electron chi connectivity index (χ3n) is 5.55. The van der Waals surface area contributed by atoms with E-state index in [0.29, 0.717) is 11.7 Å². The first-order chi connectivity index (χ1) is 19.5. The first kappa shape index (κ1) is 30.6. The van der Waals surface area contributed by atoms with Crippen LogP contribution in [-0.2, 0) is 30.5 Å². The van der Waals surface area contributed by atoms with Crippen molar-refractivity contribution < 1.29 is 44.4 Å². The fourth-order valence-corrected chi connectivity index (χ4v) is 4.57. The van der Waals surface area contributed by atoms with Crippen molar-refractivity contribution in [3.05, 3.63) is 54.4 Å². The number of hydrogen-bond donors (Lipinski definition) is 6. The van der Waals surface area contributed by atoms with Gasteiger partial charge >= 0.3 is 23.9 Å². The molecule has 5 rings (SSSR count). The molecule has 1 aliphatic rings. The number of para-hydroxylation sites is 3. The van der Waals surface area contributed by atoms with Gasteiger partial charge < -0.3 is 30.7 Å². The van der Waals surface area contributed by atoms with E-state index in [-0.39, 0.29) is 5.91 Å². The second-order valence-corrected chi connectivity index (χ2v) is 9.54. The van der Waals surface area contributed by atoms with Crippen LogP contribution in [0.2, 0.25) is 0 Å². The lowest BCUT2D eigenvalue weighted by atomic mass is 10.3. The maximum Gasteiger partial charge on any atom is 0.414 e. The molecule has 0 unspecified atom stereocenters.